The average molecular weight is 438 g/mol. The lowest BCUT2D eigenvalue weighted by Crippen LogP contribution is -2.33. The number of aromatic nitrogens is 5. The number of Topliss-reactive ketones (excluding diaryl/α,β-unsaturated/α-hetero) is 1. The van der Waals surface area contributed by atoms with Crippen molar-refractivity contribution in [2.45, 2.75) is 51.0 Å². The first-order valence-electron chi connectivity index (χ1n) is 10.9. The number of hydrogen-bond donors (Lipinski definition) is 0. The first-order valence-corrected chi connectivity index (χ1v) is 10.9. The van der Waals surface area contributed by atoms with E-state index in [-0.39, 0.29) is 17.8 Å². The van der Waals surface area contributed by atoms with Gasteiger partial charge in [0.05, 0.1) is 31.3 Å². The fourth-order valence-corrected chi connectivity index (χ4v) is 4.47. The molecule has 1 aliphatic carbocycles. The molecular formula is C23H27N5O4. The molecule has 0 aromatic carbocycles. The molecule has 0 aliphatic heterocycles. The van der Waals surface area contributed by atoms with Gasteiger partial charge in [0.1, 0.15) is 11.7 Å². The Morgan fingerprint density at radius 3 is 2.62 bits per heavy atom. The number of fused-ring (bicyclic) bond motifs is 1. The number of methoxy groups -OCH3 is 1. The second kappa shape index (κ2) is 9.42. The monoisotopic (exact) mass is 437 g/mol. The molecule has 168 valence electrons. The van der Waals surface area contributed by atoms with Crippen LogP contribution in [0.25, 0.3) is 11.0 Å². The lowest BCUT2D eigenvalue weighted by molar-refractivity contribution is -0.122. The smallest absolute Gasteiger partial charge is 0.339 e. The topological polar surface area (TPSA) is 109 Å². The Balaban J connectivity index is 1.63. The minimum Gasteiger partial charge on any atom is -0.465 e. The van der Waals surface area contributed by atoms with Crippen LogP contribution in [-0.4, -0.2) is 43.2 Å². The van der Waals surface area contributed by atoms with Crippen molar-refractivity contribution in [3.63, 3.8) is 0 Å². The van der Waals surface area contributed by atoms with Crippen LogP contribution in [0.3, 0.4) is 0 Å². The molecule has 0 spiro atoms. The highest BCUT2D eigenvalue weighted by molar-refractivity contribution is 5.89. The number of aryl methyl sites for hydroxylation is 1. The molecular weight excluding hydrogens is 410 g/mol. The van der Waals surface area contributed by atoms with Crippen molar-refractivity contribution < 1.29 is 14.3 Å². The first kappa shape index (κ1) is 21.9. The van der Waals surface area contributed by atoms with E-state index in [1.54, 1.807) is 23.9 Å². The van der Waals surface area contributed by atoms with Crippen LogP contribution in [0.2, 0.25) is 0 Å². The van der Waals surface area contributed by atoms with Gasteiger partial charge in [0.15, 0.2) is 11.4 Å². The summed E-state index contributed by atoms with van der Waals surface area (Å²) in [7, 11) is 3.04. The predicted octanol–water partition coefficient (Wildman–Crippen LogP) is 2.63. The summed E-state index contributed by atoms with van der Waals surface area (Å²) in [6, 6.07) is 2.62. The number of hydrogen-bond acceptors (Lipinski definition) is 7. The second-order valence-electron chi connectivity index (χ2n) is 8.39. The van der Waals surface area contributed by atoms with Crippen LogP contribution >= 0.6 is 0 Å². The lowest BCUT2D eigenvalue weighted by Gasteiger charge is -2.27. The molecule has 9 nitrogen and oxygen atoms in total. The van der Waals surface area contributed by atoms with Crippen molar-refractivity contribution in [3.8, 4) is 0 Å². The van der Waals surface area contributed by atoms with Crippen molar-refractivity contribution in [3.05, 3.63) is 52.5 Å². The van der Waals surface area contributed by atoms with E-state index in [0.717, 1.165) is 25.7 Å². The van der Waals surface area contributed by atoms with Gasteiger partial charge in [0.25, 0.3) is 5.56 Å². The van der Waals surface area contributed by atoms with Gasteiger partial charge in [-0.15, -0.1) is 0 Å². The fourth-order valence-electron chi connectivity index (χ4n) is 4.47. The molecule has 1 fully saturated rings. The number of esters is 1. The quantitative estimate of drug-likeness (QED) is 0.523. The summed E-state index contributed by atoms with van der Waals surface area (Å²) in [4.78, 5) is 46.9. The number of pyridine rings is 1. The Labute approximate surface area is 185 Å². The molecule has 1 unspecified atom stereocenters. The molecule has 0 radical (unpaired) electrons. The summed E-state index contributed by atoms with van der Waals surface area (Å²) in [6.07, 6.45) is 10.7. The van der Waals surface area contributed by atoms with Crippen molar-refractivity contribution in [2.75, 3.05) is 7.11 Å². The molecule has 4 rings (SSSR count). The minimum atomic E-state index is -0.621. The Bertz CT molecular complexity index is 1180. The molecule has 1 aliphatic rings. The van der Waals surface area contributed by atoms with Crippen LogP contribution in [0.15, 0.2) is 35.6 Å². The van der Waals surface area contributed by atoms with Gasteiger partial charge in [0.2, 0.25) is 0 Å². The van der Waals surface area contributed by atoms with Gasteiger partial charge >= 0.3 is 5.97 Å². The third-order valence-electron chi connectivity index (χ3n) is 6.27. The molecule has 3 aromatic heterocycles. The number of nitrogens with zero attached hydrogens (tertiary/aromatic N) is 5. The van der Waals surface area contributed by atoms with Gasteiger partial charge in [-0.2, -0.15) is 5.10 Å². The van der Waals surface area contributed by atoms with E-state index in [4.69, 9.17) is 4.74 Å². The molecule has 0 saturated heterocycles. The van der Waals surface area contributed by atoms with E-state index >= 15 is 0 Å². The highest BCUT2D eigenvalue weighted by Gasteiger charge is 2.28. The number of carbonyl (C=O) groups excluding carboxylic acids is 2. The van der Waals surface area contributed by atoms with Gasteiger partial charge < -0.3 is 4.74 Å². The summed E-state index contributed by atoms with van der Waals surface area (Å²) in [6.45, 7) is 0. The number of ketones is 1. The summed E-state index contributed by atoms with van der Waals surface area (Å²) in [5.41, 5.74) is 1.10. The van der Waals surface area contributed by atoms with Crippen LogP contribution in [0.4, 0.5) is 0 Å². The first-order chi connectivity index (χ1) is 15.5. The van der Waals surface area contributed by atoms with Crippen molar-refractivity contribution >= 4 is 22.8 Å². The van der Waals surface area contributed by atoms with Gasteiger partial charge in [-0.1, -0.05) is 32.1 Å². The van der Waals surface area contributed by atoms with Crippen LogP contribution in [0.5, 0.6) is 0 Å². The van der Waals surface area contributed by atoms with Crippen molar-refractivity contribution in [1.82, 2.24) is 24.3 Å². The predicted molar refractivity (Wildman–Crippen MR) is 117 cm³/mol. The van der Waals surface area contributed by atoms with E-state index in [1.807, 2.05) is 0 Å². The highest BCUT2D eigenvalue weighted by atomic mass is 16.5. The third kappa shape index (κ3) is 4.46. The number of carbonyl (C=O) groups is 2. The Morgan fingerprint density at radius 1 is 1.16 bits per heavy atom. The standard InChI is InChI=1S/C23H27N5O4/c1-27-21-18(13-26-27)22(30)28(14-25-21)19(10-15-6-4-3-5-7-15)20(29)11-17-9-8-16(12-24-17)23(31)32-2/h8-9,12-15,19H,3-7,10-11H2,1-2H3. The molecule has 3 heterocycles. The van der Waals surface area contributed by atoms with Crippen molar-refractivity contribution in [1.29, 1.82) is 0 Å². The highest BCUT2D eigenvalue weighted by Crippen LogP contribution is 2.31. The molecule has 9 heteroatoms. The van der Waals surface area contributed by atoms with E-state index in [2.05, 4.69) is 15.1 Å². The summed E-state index contributed by atoms with van der Waals surface area (Å²) >= 11 is 0. The van der Waals surface area contributed by atoms with E-state index in [0.29, 0.717) is 34.6 Å². The van der Waals surface area contributed by atoms with Crippen molar-refractivity contribution in [2.24, 2.45) is 13.0 Å². The Kier molecular flexibility index (Phi) is 6.43. The summed E-state index contributed by atoms with van der Waals surface area (Å²) in [5, 5.41) is 4.52. The van der Waals surface area contributed by atoms with E-state index in [1.165, 1.54) is 36.8 Å². The van der Waals surface area contributed by atoms with Crippen LogP contribution < -0.4 is 5.56 Å². The maximum Gasteiger partial charge on any atom is 0.339 e. The zero-order valence-corrected chi connectivity index (χ0v) is 18.4. The molecule has 0 amide bonds. The molecule has 3 aromatic rings. The van der Waals surface area contributed by atoms with Gasteiger partial charge in [0, 0.05) is 18.9 Å². The van der Waals surface area contributed by atoms with Crippen LogP contribution in [0.1, 0.15) is 60.6 Å². The molecule has 1 saturated carbocycles. The Morgan fingerprint density at radius 2 is 1.94 bits per heavy atom. The summed E-state index contributed by atoms with van der Waals surface area (Å²) in [5.74, 6) is -0.183. The van der Waals surface area contributed by atoms with Gasteiger partial charge in [-0.05, 0) is 24.5 Å². The zero-order chi connectivity index (χ0) is 22.7. The summed E-state index contributed by atoms with van der Waals surface area (Å²) < 4.78 is 7.70. The largest absolute Gasteiger partial charge is 0.465 e. The lowest BCUT2D eigenvalue weighted by atomic mass is 9.83. The average Bonchev–Trinajstić information content (AvgIpc) is 3.20. The maximum absolute atomic E-state index is 13.4. The van der Waals surface area contributed by atoms with Gasteiger partial charge in [-0.3, -0.25) is 23.8 Å². The maximum atomic E-state index is 13.4. The SMILES string of the molecule is COC(=O)c1ccc(CC(=O)C(CC2CCCCC2)n2cnc3c(cnn3C)c2=O)nc1. The second-order valence-corrected chi connectivity index (χ2v) is 8.39. The zero-order valence-electron chi connectivity index (χ0n) is 18.4. The fraction of sp³-hybridized carbons (Fsp3) is 0.478. The number of rotatable bonds is 7. The Hall–Kier alpha value is -3.36. The van der Waals surface area contributed by atoms with E-state index < -0.39 is 12.0 Å². The molecule has 0 bridgehead atoms. The molecule has 32 heavy (non-hydrogen) atoms. The third-order valence-corrected chi connectivity index (χ3v) is 6.27. The molecule has 0 N–H and O–H groups in total. The van der Waals surface area contributed by atoms with E-state index in [9.17, 15) is 14.4 Å². The van der Waals surface area contributed by atoms with Crippen LogP contribution in [-0.2, 0) is 23.0 Å². The normalized spacial score (nSPS) is 15.6. The number of ether oxygens (including phenoxy) is 1. The van der Waals surface area contributed by atoms with Crippen LogP contribution in [0, 0.1) is 5.92 Å². The molecule has 1 atom stereocenters. The van der Waals surface area contributed by atoms with Gasteiger partial charge in [-0.25, -0.2) is 9.78 Å². The minimum absolute atomic E-state index is 0.0658.